The molecule has 2 aromatic carbocycles. The third kappa shape index (κ3) is 3.34. The van der Waals surface area contributed by atoms with E-state index < -0.39 is 5.82 Å². The molecule has 31 heavy (non-hydrogen) atoms. The zero-order valence-corrected chi connectivity index (χ0v) is 17.2. The minimum Gasteiger partial charge on any atom is -0.495 e. The van der Waals surface area contributed by atoms with Crippen LogP contribution in [0.5, 0.6) is 11.5 Å². The first-order valence-electron chi connectivity index (χ1n) is 9.60. The van der Waals surface area contributed by atoms with E-state index in [2.05, 4.69) is 15.0 Å². The molecule has 7 nitrogen and oxygen atoms in total. The molecule has 2 N–H and O–H groups in total. The van der Waals surface area contributed by atoms with Crippen LogP contribution in [0.2, 0.25) is 5.02 Å². The number of aromatic amines is 1. The first-order chi connectivity index (χ1) is 15.1. The van der Waals surface area contributed by atoms with Gasteiger partial charge in [0.2, 0.25) is 0 Å². The molecule has 0 radical (unpaired) electrons. The zero-order valence-electron chi connectivity index (χ0n) is 16.5. The Morgan fingerprint density at radius 1 is 1.32 bits per heavy atom. The van der Waals surface area contributed by atoms with Crippen LogP contribution in [0.4, 0.5) is 15.9 Å². The number of halogens is 2. The average molecular weight is 441 g/mol. The Hall–Kier alpha value is -3.36. The predicted octanol–water partition coefficient (Wildman–Crippen LogP) is 4.32. The van der Waals surface area contributed by atoms with Gasteiger partial charge >= 0.3 is 0 Å². The van der Waals surface area contributed by atoms with E-state index in [0.717, 1.165) is 5.69 Å². The van der Waals surface area contributed by atoms with Crippen molar-refractivity contribution in [2.24, 2.45) is 0 Å². The van der Waals surface area contributed by atoms with Gasteiger partial charge in [0.05, 0.1) is 53.3 Å². The molecule has 4 aromatic rings. The number of rotatable bonds is 4. The number of aliphatic hydroxyl groups excluding tert-OH is 1. The summed E-state index contributed by atoms with van der Waals surface area (Å²) in [6, 6.07) is 11.8. The summed E-state index contributed by atoms with van der Waals surface area (Å²) in [5, 5.41) is 9.96. The van der Waals surface area contributed by atoms with E-state index in [1.54, 1.807) is 13.3 Å². The minimum atomic E-state index is -0.516. The SMILES string of the molecule is COc1ccc(N2c3cccc(-c4nc5cc(Cl)c(F)cc5[nH]4)c3OC[C@@H]2CO)nc1. The van der Waals surface area contributed by atoms with Crippen molar-refractivity contribution in [3.63, 3.8) is 0 Å². The van der Waals surface area contributed by atoms with E-state index in [-0.39, 0.29) is 24.3 Å². The van der Waals surface area contributed by atoms with Crippen molar-refractivity contribution in [3.05, 3.63) is 59.5 Å². The van der Waals surface area contributed by atoms with E-state index in [0.29, 0.717) is 39.7 Å². The van der Waals surface area contributed by atoms with Crippen molar-refractivity contribution >= 4 is 34.1 Å². The van der Waals surface area contributed by atoms with Crippen LogP contribution >= 0.6 is 11.6 Å². The lowest BCUT2D eigenvalue weighted by molar-refractivity contribution is 0.195. The number of fused-ring (bicyclic) bond motifs is 2. The standard InChI is InChI=1S/C22H18ClFN4O3/c1-30-13-5-6-20(25-9-13)28-12(10-29)11-31-21-14(3-2-4-19(21)28)22-26-17-7-15(23)16(24)8-18(17)27-22/h2-9,12,29H,10-11H2,1H3,(H,26,27)/t12-/m0/s1. The maximum atomic E-state index is 13.9. The second kappa shape index (κ2) is 7.72. The van der Waals surface area contributed by atoms with Gasteiger partial charge in [0.1, 0.15) is 29.8 Å². The molecule has 0 unspecified atom stereocenters. The van der Waals surface area contributed by atoms with Gasteiger partial charge in [-0.25, -0.2) is 14.4 Å². The highest BCUT2D eigenvalue weighted by atomic mass is 35.5. The fourth-order valence-corrected chi connectivity index (χ4v) is 3.87. The molecule has 0 saturated heterocycles. The molecule has 2 aromatic heterocycles. The number of hydrogen-bond donors (Lipinski definition) is 2. The first-order valence-corrected chi connectivity index (χ1v) is 9.98. The number of H-pyrrole nitrogens is 1. The summed E-state index contributed by atoms with van der Waals surface area (Å²) in [7, 11) is 1.58. The molecule has 0 fully saturated rings. The number of aliphatic hydroxyl groups is 1. The van der Waals surface area contributed by atoms with E-state index in [9.17, 15) is 9.50 Å². The van der Waals surface area contributed by atoms with Gasteiger partial charge in [-0.1, -0.05) is 17.7 Å². The van der Waals surface area contributed by atoms with Crippen LogP contribution in [-0.4, -0.2) is 46.4 Å². The third-order valence-corrected chi connectivity index (χ3v) is 5.52. The van der Waals surface area contributed by atoms with Crippen molar-refractivity contribution in [3.8, 4) is 22.9 Å². The van der Waals surface area contributed by atoms with Crippen LogP contribution in [0.1, 0.15) is 0 Å². The average Bonchev–Trinajstić information content (AvgIpc) is 3.20. The number of methoxy groups -OCH3 is 1. The van der Waals surface area contributed by atoms with Gasteiger partial charge in [-0.3, -0.25) is 0 Å². The second-order valence-electron chi connectivity index (χ2n) is 7.10. The summed E-state index contributed by atoms with van der Waals surface area (Å²) in [4.78, 5) is 14.1. The van der Waals surface area contributed by atoms with Crippen molar-refractivity contribution < 1.29 is 19.0 Å². The number of imidazole rings is 1. The van der Waals surface area contributed by atoms with Crippen molar-refractivity contribution in [2.45, 2.75) is 6.04 Å². The number of ether oxygens (including phenoxy) is 2. The quantitative estimate of drug-likeness (QED) is 0.492. The summed E-state index contributed by atoms with van der Waals surface area (Å²) in [5.74, 6) is 1.90. The number of pyridine rings is 1. The van der Waals surface area contributed by atoms with Gasteiger partial charge in [-0.2, -0.15) is 0 Å². The van der Waals surface area contributed by atoms with Gasteiger partial charge in [-0.15, -0.1) is 0 Å². The summed E-state index contributed by atoms with van der Waals surface area (Å²) >= 11 is 5.90. The van der Waals surface area contributed by atoms with Gasteiger partial charge in [-0.05, 0) is 30.3 Å². The summed E-state index contributed by atoms with van der Waals surface area (Å²) in [6.45, 7) is 0.148. The second-order valence-corrected chi connectivity index (χ2v) is 7.50. The van der Waals surface area contributed by atoms with E-state index >= 15 is 0 Å². The van der Waals surface area contributed by atoms with E-state index in [1.807, 2.05) is 35.2 Å². The maximum absolute atomic E-state index is 13.9. The molecule has 1 aliphatic heterocycles. The molecule has 0 amide bonds. The molecule has 1 atom stereocenters. The molecular formula is C22H18ClFN4O3. The zero-order chi connectivity index (χ0) is 21.5. The maximum Gasteiger partial charge on any atom is 0.154 e. The van der Waals surface area contributed by atoms with E-state index in [4.69, 9.17) is 21.1 Å². The largest absolute Gasteiger partial charge is 0.495 e. The Labute approximate surface area is 182 Å². The molecule has 0 saturated carbocycles. The Morgan fingerprint density at radius 3 is 2.94 bits per heavy atom. The van der Waals surface area contributed by atoms with Gasteiger partial charge in [0.25, 0.3) is 0 Å². The lowest BCUT2D eigenvalue weighted by atomic mass is 10.1. The minimum absolute atomic E-state index is 0.0134. The lowest BCUT2D eigenvalue weighted by Crippen LogP contribution is -2.43. The smallest absolute Gasteiger partial charge is 0.154 e. The van der Waals surface area contributed by atoms with Crippen molar-refractivity contribution in [1.82, 2.24) is 15.0 Å². The molecule has 1 aliphatic rings. The highest BCUT2D eigenvalue weighted by Crippen LogP contribution is 2.44. The first kappa shape index (κ1) is 19.6. The summed E-state index contributed by atoms with van der Waals surface area (Å²) in [6.07, 6.45) is 1.63. The molecular weight excluding hydrogens is 423 g/mol. The van der Waals surface area contributed by atoms with Gasteiger partial charge < -0.3 is 24.5 Å². The third-order valence-electron chi connectivity index (χ3n) is 5.23. The summed E-state index contributed by atoms with van der Waals surface area (Å²) < 4.78 is 25.1. The number of anilines is 2. The van der Waals surface area contributed by atoms with Crippen LogP contribution < -0.4 is 14.4 Å². The van der Waals surface area contributed by atoms with Crippen molar-refractivity contribution in [2.75, 3.05) is 25.2 Å². The van der Waals surface area contributed by atoms with Crippen LogP contribution in [0.25, 0.3) is 22.4 Å². The molecule has 0 aliphatic carbocycles. The number of nitrogens with zero attached hydrogens (tertiary/aromatic N) is 3. The van der Waals surface area contributed by atoms with E-state index in [1.165, 1.54) is 12.1 Å². The number of nitrogens with one attached hydrogen (secondary N) is 1. The van der Waals surface area contributed by atoms with Crippen LogP contribution in [0.3, 0.4) is 0 Å². The van der Waals surface area contributed by atoms with Crippen LogP contribution in [-0.2, 0) is 0 Å². The van der Waals surface area contributed by atoms with Crippen LogP contribution in [0, 0.1) is 5.82 Å². The Kier molecular flexibility index (Phi) is 4.88. The fraction of sp³-hybridized carbons (Fsp3) is 0.182. The Balaban J connectivity index is 1.63. The fourth-order valence-electron chi connectivity index (χ4n) is 3.72. The Bertz CT molecular complexity index is 1220. The molecule has 3 heterocycles. The topological polar surface area (TPSA) is 83.5 Å². The Morgan fingerprint density at radius 2 is 2.19 bits per heavy atom. The number of hydrogen-bond acceptors (Lipinski definition) is 6. The summed E-state index contributed by atoms with van der Waals surface area (Å²) in [5.41, 5.74) is 2.54. The van der Waals surface area contributed by atoms with Crippen LogP contribution in [0.15, 0.2) is 48.7 Å². The molecule has 5 rings (SSSR count). The molecule has 0 spiro atoms. The van der Waals surface area contributed by atoms with Gasteiger partial charge in [0.15, 0.2) is 5.75 Å². The highest BCUT2D eigenvalue weighted by molar-refractivity contribution is 6.31. The number of benzene rings is 2. The molecule has 9 heteroatoms. The lowest BCUT2D eigenvalue weighted by Gasteiger charge is -2.37. The number of aromatic nitrogens is 3. The normalized spacial score (nSPS) is 15.6. The van der Waals surface area contributed by atoms with Gasteiger partial charge in [0, 0.05) is 6.07 Å². The number of para-hydroxylation sites is 1. The molecule has 158 valence electrons. The highest BCUT2D eigenvalue weighted by Gasteiger charge is 2.31. The predicted molar refractivity (Wildman–Crippen MR) is 116 cm³/mol. The molecule has 0 bridgehead atoms. The monoisotopic (exact) mass is 440 g/mol. The van der Waals surface area contributed by atoms with Crippen molar-refractivity contribution in [1.29, 1.82) is 0 Å².